The fraction of sp³-hybridized carbons (Fsp3) is 0.667. The van der Waals surface area contributed by atoms with Crippen LogP contribution in [0.1, 0.15) is 26.2 Å². The summed E-state index contributed by atoms with van der Waals surface area (Å²) >= 11 is 0. The Hall–Kier alpha value is -1.36. The lowest BCUT2D eigenvalue weighted by Crippen LogP contribution is -2.33. The van der Waals surface area contributed by atoms with Crippen molar-refractivity contribution < 1.29 is 14.7 Å². The standard InChI is InChI=1S/C12H20N2O3/c1-8(7-13)2-5-11(15)14-10-4-3-9(6-10)12(16)17/h3-4,8-10H,2,5-7,13H2,1H3,(H,14,15)(H,16,17). The van der Waals surface area contributed by atoms with E-state index < -0.39 is 11.9 Å². The molecule has 0 saturated heterocycles. The highest BCUT2D eigenvalue weighted by atomic mass is 16.4. The molecule has 1 rings (SSSR count). The van der Waals surface area contributed by atoms with Crippen LogP contribution in [0.2, 0.25) is 0 Å². The van der Waals surface area contributed by atoms with Gasteiger partial charge in [0.25, 0.3) is 0 Å². The van der Waals surface area contributed by atoms with E-state index in [0.717, 1.165) is 6.42 Å². The van der Waals surface area contributed by atoms with Gasteiger partial charge in [0.05, 0.1) is 5.92 Å². The van der Waals surface area contributed by atoms with Crippen molar-refractivity contribution in [3.63, 3.8) is 0 Å². The van der Waals surface area contributed by atoms with Crippen molar-refractivity contribution in [3.05, 3.63) is 12.2 Å². The molecule has 96 valence electrons. The molecule has 0 bridgehead atoms. The van der Waals surface area contributed by atoms with Gasteiger partial charge in [-0.25, -0.2) is 0 Å². The van der Waals surface area contributed by atoms with Gasteiger partial charge in [0.15, 0.2) is 0 Å². The first kappa shape index (κ1) is 13.7. The molecule has 4 N–H and O–H groups in total. The Morgan fingerprint density at radius 2 is 2.24 bits per heavy atom. The molecule has 1 amide bonds. The Labute approximate surface area is 101 Å². The molecule has 0 fully saturated rings. The van der Waals surface area contributed by atoms with Gasteiger partial charge in [-0.05, 0) is 25.3 Å². The van der Waals surface area contributed by atoms with E-state index in [4.69, 9.17) is 10.8 Å². The van der Waals surface area contributed by atoms with Crippen LogP contribution in [0.4, 0.5) is 0 Å². The molecule has 3 unspecified atom stereocenters. The summed E-state index contributed by atoms with van der Waals surface area (Å²) in [5.41, 5.74) is 5.47. The van der Waals surface area contributed by atoms with E-state index in [1.54, 1.807) is 12.2 Å². The summed E-state index contributed by atoms with van der Waals surface area (Å²) in [7, 11) is 0. The summed E-state index contributed by atoms with van der Waals surface area (Å²) in [6.45, 7) is 2.58. The second kappa shape index (κ2) is 6.39. The Balaban J connectivity index is 2.25. The van der Waals surface area contributed by atoms with Crippen LogP contribution < -0.4 is 11.1 Å². The number of carbonyl (C=O) groups is 2. The van der Waals surface area contributed by atoms with Crippen LogP contribution in [0, 0.1) is 11.8 Å². The second-order valence-electron chi connectivity index (χ2n) is 4.62. The number of hydrogen-bond donors (Lipinski definition) is 3. The highest BCUT2D eigenvalue weighted by molar-refractivity contribution is 5.77. The fourth-order valence-corrected chi connectivity index (χ4v) is 1.76. The van der Waals surface area contributed by atoms with E-state index in [2.05, 4.69) is 5.32 Å². The Bertz CT molecular complexity index is 315. The Morgan fingerprint density at radius 1 is 1.53 bits per heavy atom. The monoisotopic (exact) mass is 240 g/mol. The first-order chi connectivity index (χ1) is 8.02. The number of carbonyl (C=O) groups excluding carboxylic acids is 1. The smallest absolute Gasteiger partial charge is 0.310 e. The van der Waals surface area contributed by atoms with Crippen molar-refractivity contribution in [2.24, 2.45) is 17.6 Å². The van der Waals surface area contributed by atoms with Gasteiger partial charge >= 0.3 is 5.97 Å². The number of hydrogen-bond acceptors (Lipinski definition) is 3. The van der Waals surface area contributed by atoms with Gasteiger partial charge in [-0.1, -0.05) is 19.1 Å². The van der Waals surface area contributed by atoms with Crippen molar-refractivity contribution in [3.8, 4) is 0 Å². The lowest BCUT2D eigenvalue weighted by atomic mass is 10.1. The minimum atomic E-state index is -0.838. The van der Waals surface area contributed by atoms with Crippen molar-refractivity contribution >= 4 is 11.9 Å². The fourth-order valence-electron chi connectivity index (χ4n) is 1.76. The number of carboxylic acid groups (broad SMARTS) is 1. The molecule has 1 aliphatic carbocycles. The predicted octanol–water partition coefficient (Wildman–Crippen LogP) is 0.507. The number of aliphatic carboxylic acids is 1. The summed E-state index contributed by atoms with van der Waals surface area (Å²) < 4.78 is 0. The van der Waals surface area contributed by atoms with Crippen LogP contribution in [0.15, 0.2) is 12.2 Å². The van der Waals surface area contributed by atoms with E-state index in [-0.39, 0.29) is 11.9 Å². The van der Waals surface area contributed by atoms with Gasteiger partial charge in [0.1, 0.15) is 0 Å². The molecule has 0 aliphatic heterocycles. The maximum absolute atomic E-state index is 11.6. The molecule has 0 aromatic carbocycles. The molecule has 17 heavy (non-hydrogen) atoms. The van der Waals surface area contributed by atoms with E-state index in [0.29, 0.717) is 25.3 Å². The molecular weight excluding hydrogens is 220 g/mol. The third kappa shape index (κ3) is 4.56. The average molecular weight is 240 g/mol. The van der Waals surface area contributed by atoms with Crippen LogP contribution in [0.5, 0.6) is 0 Å². The normalized spacial score (nSPS) is 24.6. The number of nitrogens with two attached hydrogens (primary N) is 1. The summed E-state index contributed by atoms with van der Waals surface area (Å²) in [5, 5.41) is 11.6. The predicted molar refractivity (Wildman–Crippen MR) is 64.3 cm³/mol. The van der Waals surface area contributed by atoms with Gasteiger partial charge < -0.3 is 16.2 Å². The molecule has 0 aromatic heterocycles. The lowest BCUT2D eigenvalue weighted by molar-refractivity contribution is -0.140. The maximum Gasteiger partial charge on any atom is 0.310 e. The summed E-state index contributed by atoms with van der Waals surface area (Å²) in [4.78, 5) is 22.3. The van der Waals surface area contributed by atoms with E-state index >= 15 is 0 Å². The van der Waals surface area contributed by atoms with E-state index in [1.807, 2.05) is 6.92 Å². The highest BCUT2D eigenvalue weighted by Gasteiger charge is 2.25. The van der Waals surface area contributed by atoms with Crippen LogP contribution in [0.3, 0.4) is 0 Å². The molecule has 0 saturated carbocycles. The van der Waals surface area contributed by atoms with E-state index in [9.17, 15) is 9.59 Å². The molecule has 0 heterocycles. The zero-order valence-corrected chi connectivity index (χ0v) is 10.1. The average Bonchev–Trinajstić information content (AvgIpc) is 2.74. The van der Waals surface area contributed by atoms with Gasteiger partial charge in [-0.2, -0.15) is 0 Å². The molecule has 0 radical (unpaired) electrons. The molecule has 0 aromatic rings. The minimum Gasteiger partial charge on any atom is -0.481 e. The van der Waals surface area contributed by atoms with Gasteiger partial charge in [0.2, 0.25) is 5.91 Å². The van der Waals surface area contributed by atoms with Crippen molar-refractivity contribution in [2.75, 3.05) is 6.54 Å². The van der Waals surface area contributed by atoms with Crippen LogP contribution in [-0.2, 0) is 9.59 Å². The molecule has 1 aliphatic rings. The maximum atomic E-state index is 11.6. The zero-order valence-electron chi connectivity index (χ0n) is 10.1. The van der Waals surface area contributed by atoms with Crippen LogP contribution in [0.25, 0.3) is 0 Å². The zero-order chi connectivity index (χ0) is 12.8. The molecular formula is C12H20N2O3. The summed E-state index contributed by atoms with van der Waals surface area (Å²) in [5.74, 6) is -1.00. The molecule has 0 spiro atoms. The van der Waals surface area contributed by atoms with Gasteiger partial charge in [0, 0.05) is 12.5 Å². The Kier molecular flexibility index (Phi) is 5.15. The topological polar surface area (TPSA) is 92.4 Å². The lowest BCUT2D eigenvalue weighted by Gasteiger charge is -2.13. The first-order valence-electron chi connectivity index (χ1n) is 5.93. The second-order valence-corrected chi connectivity index (χ2v) is 4.62. The third-order valence-corrected chi connectivity index (χ3v) is 3.01. The number of nitrogens with one attached hydrogen (secondary N) is 1. The van der Waals surface area contributed by atoms with Gasteiger partial charge in [-0.15, -0.1) is 0 Å². The number of amides is 1. The highest BCUT2D eigenvalue weighted by Crippen LogP contribution is 2.18. The molecule has 5 nitrogen and oxygen atoms in total. The number of carboxylic acids is 1. The molecule has 5 heteroatoms. The van der Waals surface area contributed by atoms with Crippen molar-refractivity contribution in [1.29, 1.82) is 0 Å². The number of rotatable bonds is 6. The van der Waals surface area contributed by atoms with Crippen molar-refractivity contribution in [2.45, 2.75) is 32.2 Å². The SMILES string of the molecule is CC(CN)CCC(=O)NC1C=CC(C(=O)O)C1. The van der Waals surface area contributed by atoms with Crippen molar-refractivity contribution in [1.82, 2.24) is 5.32 Å². The third-order valence-electron chi connectivity index (χ3n) is 3.01. The largest absolute Gasteiger partial charge is 0.481 e. The molecule has 3 atom stereocenters. The quantitative estimate of drug-likeness (QED) is 0.590. The minimum absolute atomic E-state index is 0.0361. The van der Waals surface area contributed by atoms with Crippen LogP contribution in [-0.4, -0.2) is 29.6 Å². The van der Waals surface area contributed by atoms with E-state index in [1.165, 1.54) is 0 Å². The first-order valence-corrected chi connectivity index (χ1v) is 5.93. The van der Waals surface area contributed by atoms with Gasteiger partial charge in [-0.3, -0.25) is 9.59 Å². The van der Waals surface area contributed by atoms with Crippen LogP contribution >= 0.6 is 0 Å². The Morgan fingerprint density at radius 3 is 2.76 bits per heavy atom. The summed E-state index contributed by atoms with van der Waals surface area (Å²) in [6, 6.07) is -0.142. The summed E-state index contributed by atoms with van der Waals surface area (Å²) in [6.07, 6.45) is 5.05.